The average molecular weight is 408 g/mol. The normalized spacial score (nSPS) is 8.57. The van der Waals surface area contributed by atoms with Gasteiger partial charge >= 0.3 is 11.9 Å². The number of nitrogens with zero attached hydrogens (tertiary/aromatic N) is 8. The topological polar surface area (TPSA) is 158 Å². The van der Waals surface area contributed by atoms with E-state index in [1.54, 1.807) is 42.7 Å². The molecule has 0 spiro atoms. The molecule has 0 aliphatic carbocycles. The second-order valence-electron chi connectivity index (χ2n) is 4.79. The van der Waals surface area contributed by atoms with Crippen molar-refractivity contribution < 1.29 is 19.1 Å². The summed E-state index contributed by atoms with van der Waals surface area (Å²) in [6.45, 7) is 0. The number of pyridine rings is 2. The number of esters is 2. The highest BCUT2D eigenvalue weighted by molar-refractivity contribution is 5.87. The molecule has 3 aromatic rings. The lowest BCUT2D eigenvalue weighted by atomic mass is 10.4. The number of methoxy groups -OCH3 is 2. The first-order chi connectivity index (χ1) is 14.5. The zero-order valence-electron chi connectivity index (χ0n) is 16.0. The molecule has 0 aromatic carbocycles. The maximum atomic E-state index is 11.1. The first-order valence-corrected chi connectivity index (χ1v) is 7.96. The van der Waals surface area contributed by atoms with Gasteiger partial charge in [-0.15, -0.1) is 11.5 Å². The predicted octanol–water partition coefficient (Wildman–Crippen LogP) is 2.26. The summed E-state index contributed by atoms with van der Waals surface area (Å²) < 4.78 is 10.00. The molecule has 0 radical (unpaired) electrons. The molecule has 0 unspecified atom stereocenters. The molecule has 152 valence electrons. The van der Waals surface area contributed by atoms with Gasteiger partial charge in [-0.1, -0.05) is 10.3 Å². The quantitative estimate of drug-likeness (QED) is 0.159. The van der Waals surface area contributed by atoms with Crippen LogP contribution in [0.2, 0.25) is 0 Å². The largest absolute Gasteiger partial charge is 0.464 e. The summed E-state index contributed by atoms with van der Waals surface area (Å²) in [4.78, 5) is 31.1. The van der Waals surface area contributed by atoms with E-state index in [1.807, 2.05) is 6.07 Å². The number of terminal acetylenes is 1. The highest BCUT2D eigenvalue weighted by Crippen LogP contribution is 2.06. The van der Waals surface area contributed by atoms with E-state index in [4.69, 9.17) is 5.53 Å². The zero-order chi connectivity index (χ0) is 22.2. The van der Waals surface area contributed by atoms with Crippen LogP contribution in [0.1, 0.15) is 10.5 Å². The summed E-state index contributed by atoms with van der Waals surface area (Å²) >= 11 is 0. The van der Waals surface area contributed by atoms with Gasteiger partial charge in [0.25, 0.3) is 0 Å². The first-order valence-electron chi connectivity index (χ1n) is 7.96. The van der Waals surface area contributed by atoms with Gasteiger partial charge in [0, 0.05) is 29.4 Å². The molecule has 0 aliphatic rings. The standard InChI is InChI=1S/C9H8N4O2.C5H4N4.C4H4O2/c1-15-9(14)8-6-13(12-11-8)7-3-2-4-10-5-7;6-9-8-5-2-1-3-7-4-5;1-3-4(5)6-2/h2-6H,1H3;1-4H;1H,2H3. The summed E-state index contributed by atoms with van der Waals surface area (Å²) in [6, 6.07) is 6.98. The minimum atomic E-state index is -0.630. The lowest BCUT2D eigenvalue weighted by molar-refractivity contribution is -0.133. The van der Waals surface area contributed by atoms with E-state index >= 15 is 0 Å². The molecule has 12 nitrogen and oxygen atoms in total. The molecule has 0 bridgehead atoms. The van der Waals surface area contributed by atoms with E-state index in [0.29, 0.717) is 5.69 Å². The molecular formula is C18H16N8O4. The third-order valence-electron chi connectivity index (χ3n) is 2.91. The summed E-state index contributed by atoms with van der Waals surface area (Å²) in [7, 11) is 2.54. The highest BCUT2D eigenvalue weighted by atomic mass is 16.5. The molecule has 0 saturated carbocycles. The van der Waals surface area contributed by atoms with Crippen molar-refractivity contribution in [2.45, 2.75) is 0 Å². The van der Waals surface area contributed by atoms with Crippen LogP contribution >= 0.6 is 0 Å². The van der Waals surface area contributed by atoms with Crippen molar-refractivity contribution >= 4 is 17.6 Å². The minimum Gasteiger partial charge on any atom is -0.464 e. The summed E-state index contributed by atoms with van der Waals surface area (Å²) in [5.74, 6) is 0.615. The molecule has 0 atom stereocenters. The van der Waals surface area contributed by atoms with Crippen molar-refractivity contribution in [3.63, 3.8) is 0 Å². The van der Waals surface area contributed by atoms with Crippen LogP contribution in [0, 0.1) is 12.3 Å². The maximum Gasteiger partial charge on any atom is 0.383 e. The van der Waals surface area contributed by atoms with Crippen molar-refractivity contribution in [1.29, 1.82) is 0 Å². The zero-order valence-corrected chi connectivity index (χ0v) is 16.0. The predicted molar refractivity (Wildman–Crippen MR) is 104 cm³/mol. The molecule has 3 aromatic heterocycles. The van der Waals surface area contributed by atoms with Crippen molar-refractivity contribution in [3.8, 4) is 18.0 Å². The van der Waals surface area contributed by atoms with Crippen LogP contribution in [0.3, 0.4) is 0 Å². The van der Waals surface area contributed by atoms with Crippen LogP contribution in [0.5, 0.6) is 0 Å². The van der Waals surface area contributed by atoms with Crippen LogP contribution in [-0.4, -0.2) is 51.1 Å². The number of carbonyl (C=O) groups is 2. The van der Waals surface area contributed by atoms with Crippen molar-refractivity contribution in [2.75, 3.05) is 14.2 Å². The number of aromatic nitrogens is 5. The molecule has 3 heterocycles. The Balaban J connectivity index is 0.000000256. The van der Waals surface area contributed by atoms with Crippen molar-refractivity contribution in [3.05, 3.63) is 71.4 Å². The lowest BCUT2D eigenvalue weighted by Gasteiger charge is -1.96. The molecule has 12 heteroatoms. The third-order valence-corrected chi connectivity index (χ3v) is 2.91. The van der Waals surface area contributed by atoms with Crippen LogP contribution in [0.4, 0.5) is 5.69 Å². The third kappa shape index (κ3) is 8.30. The number of rotatable bonds is 3. The van der Waals surface area contributed by atoms with E-state index in [-0.39, 0.29) is 5.69 Å². The Labute approximate surface area is 171 Å². The Kier molecular flexibility index (Phi) is 10.4. The van der Waals surface area contributed by atoms with Crippen LogP contribution in [-0.2, 0) is 14.3 Å². The molecule has 0 fully saturated rings. The molecule has 30 heavy (non-hydrogen) atoms. The first kappa shape index (κ1) is 23.3. The SMILES string of the molecule is C#CC(=O)OC.COC(=O)c1cn(-c2cccnc2)nn1.[N-]=[N+]=Nc1cccnc1. The second kappa shape index (κ2) is 13.4. The Bertz CT molecular complexity index is 1030. The molecule has 0 amide bonds. The van der Waals surface area contributed by atoms with E-state index in [2.05, 4.69) is 46.2 Å². The van der Waals surface area contributed by atoms with Gasteiger partial charge < -0.3 is 9.47 Å². The van der Waals surface area contributed by atoms with E-state index in [9.17, 15) is 9.59 Å². The molecule has 3 rings (SSSR count). The van der Waals surface area contributed by atoms with Gasteiger partial charge in [0.05, 0.1) is 38.0 Å². The van der Waals surface area contributed by atoms with E-state index in [1.165, 1.54) is 31.3 Å². The Morgan fingerprint density at radius 1 is 1.17 bits per heavy atom. The fourth-order valence-corrected chi connectivity index (χ4v) is 1.60. The van der Waals surface area contributed by atoms with Gasteiger partial charge in [-0.25, -0.2) is 14.3 Å². The van der Waals surface area contributed by atoms with Crippen LogP contribution in [0.25, 0.3) is 16.1 Å². The highest BCUT2D eigenvalue weighted by Gasteiger charge is 2.10. The average Bonchev–Trinajstić information content (AvgIpc) is 3.31. The van der Waals surface area contributed by atoms with Gasteiger partial charge in [-0.2, -0.15) is 0 Å². The summed E-state index contributed by atoms with van der Waals surface area (Å²) in [5.41, 5.74) is 9.40. The number of hydrogen-bond donors (Lipinski definition) is 0. The number of carbonyl (C=O) groups excluding carboxylic acids is 2. The Morgan fingerprint density at radius 3 is 2.33 bits per heavy atom. The number of azide groups is 1. The Hall–Kier alpha value is -4.75. The van der Waals surface area contributed by atoms with Crippen molar-refractivity contribution in [2.24, 2.45) is 5.11 Å². The van der Waals surface area contributed by atoms with Gasteiger partial charge in [0.1, 0.15) is 0 Å². The van der Waals surface area contributed by atoms with Gasteiger partial charge in [0.2, 0.25) is 0 Å². The number of ether oxygens (including phenoxy) is 2. The summed E-state index contributed by atoms with van der Waals surface area (Å²) in [6.07, 6.45) is 12.4. The monoisotopic (exact) mass is 408 g/mol. The maximum absolute atomic E-state index is 11.1. The van der Waals surface area contributed by atoms with Gasteiger partial charge in [-0.3, -0.25) is 9.97 Å². The van der Waals surface area contributed by atoms with E-state index in [0.717, 1.165) is 5.69 Å². The lowest BCUT2D eigenvalue weighted by Crippen LogP contribution is -2.01. The van der Waals surface area contributed by atoms with Gasteiger partial charge in [-0.05, 0) is 29.8 Å². The molecule has 0 saturated heterocycles. The van der Waals surface area contributed by atoms with E-state index < -0.39 is 11.9 Å². The fraction of sp³-hybridized carbons (Fsp3) is 0.111. The Morgan fingerprint density at radius 2 is 1.87 bits per heavy atom. The molecule has 0 aliphatic heterocycles. The van der Waals surface area contributed by atoms with Crippen molar-refractivity contribution in [1.82, 2.24) is 25.0 Å². The number of hydrogen-bond acceptors (Lipinski definition) is 9. The second-order valence-corrected chi connectivity index (χ2v) is 4.79. The van der Waals surface area contributed by atoms with Crippen LogP contribution < -0.4 is 0 Å². The summed E-state index contributed by atoms with van der Waals surface area (Å²) in [5, 5.41) is 10.8. The minimum absolute atomic E-state index is 0.168. The molecule has 0 N–H and O–H groups in total. The van der Waals surface area contributed by atoms with Gasteiger partial charge in [0.15, 0.2) is 5.69 Å². The fourth-order valence-electron chi connectivity index (χ4n) is 1.60. The molecular weight excluding hydrogens is 392 g/mol. The van der Waals surface area contributed by atoms with Crippen LogP contribution in [0.15, 0.2) is 60.4 Å². The smallest absolute Gasteiger partial charge is 0.383 e.